The zero-order valence-corrected chi connectivity index (χ0v) is 10.6. The minimum Gasteiger partial charge on any atom is -0.300 e. The van der Waals surface area contributed by atoms with Crippen molar-refractivity contribution in [3.8, 4) is 0 Å². The SMILES string of the molecule is CC(=O)CC(C)(C)Cc1cc(F)ccc1Cl. The van der Waals surface area contributed by atoms with Gasteiger partial charge in [-0.15, -0.1) is 0 Å². The lowest BCUT2D eigenvalue weighted by atomic mass is 9.81. The zero-order valence-electron chi connectivity index (χ0n) is 9.81. The van der Waals surface area contributed by atoms with E-state index in [-0.39, 0.29) is 17.0 Å². The average molecular weight is 243 g/mol. The van der Waals surface area contributed by atoms with Gasteiger partial charge in [-0.2, -0.15) is 0 Å². The van der Waals surface area contributed by atoms with Crippen molar-refractivity contribution in [1.29, 1.82) is 0 Å². The molecule has 0 spiro atoms. The summed E-state index contributed by atoms with van der Waals surface area (Å²) in [6, 6.07) is 4.32. The Morgan fingerprint density at radius 3 is 2.62 bits per heavy atom. The molecule has 88 valence electrons. The molecule has 16 heavy (non-hydrogen) atoms. The fraction of sp³-hybridized carbons (Fsp3) is 0.462. The minimum absolute atomic E-state index is 0.137. The Bertz CT molecular complexity index is 399. The van der Waals surface area contributed by atoms with Gasteiger partial charge >= 0.3 is 0 Å². The number of halogens is 2. The topological polar surface area (TPSA) is 17.1 Å². The van der Waals surface area contributed by atoms with E-state index in [1.807, 2.05) is 13.8 Å². The van der Waals surface area contributed by atoms with Crippen molar-refractivity contribution in [3.63, 3.8) is 0 Å². The van der Waals surface area contributed by atoms with Crippen molar-refractivity contribution in [1.82, 2.24) is 0 Å². The number of benzene rings is 1. The van der Waals surface area contributed by atoms with Crippen LogP contribution in [0.25, 0.3) is 0 Å². The molecule has 0 aromatic heterocycles. The summed E-state index contributed by atoms with van der Waals surface area (Å²) in [4.78, 5) is 11.1. The highest BCUT2D eigenvalue weighted by Gasteiger charge is 2.22. The molecule has 0 heterocycles. The number of carbonyl (C=O) groups is 1. The van der Waals surface area contributed by atoms with E-state index < -0.39 is 0 Å². The summed E-state index contributed by atoms with van der Waals surface area (Å²) in [5, 5.41) is 0.554. The molecular formula is C13H16ClFO. The van der Waals surface area contributed by atoms with Gasteiger partial charge in [-0.05, 0) is 42.5 Å². The minimum atomic E-state index is -0.293. The lowest BCUT2D eigenvalue weighted by Crippen LogP contribution is -2.18. The van der Waals surface area contributed by atoms with Crippen molar-refractivity contribution >= 4 is 17.4 Å². The van der Waals surface area contributed by atoms with Crippen molar-refractivity contribution in [2.75, 3.05) is 0 Å². The Labute approximate surface area is 101 Å². The van der Waals surface area contributed by atoms with Gasteiger partial charge < -0.3 is 4.79 Å². The van der Waals surface area contributed by atoms with Crippen molar-refractivity contribution in [2.24, 2.45) is 5.41 Å². The van der Waals surface area contributed by atoms with E-state index >= 15 is 0 Å². The number of carbonyl (C=O) groups excluding carboxylic acids is 1. The fourth-order valence-corrected chi connectivity index (χ4v) is 2.12. The second kappa shape index (κ2) is 4.96. The molecule has 0 fully saturated rings. The molecule has 0 saturated carbocycles. The monoisotopic (exact) mass is 242 g/mol. The van der Waals surface area contributed by atoms with Gasteiger partial charge in [0.2, 0.25) is 0 Å². The van der Waals surface area contributed by atoms with Crippen LogP contribution in [0.1, 0.15) is 32.8 Å². The third kappa shape index (κ3) is 3.93. The lowest BCUT2D eigenvalue weighted by molar-refractivity contribution is -0.118. The molecular weight excluding hydrogens is 227 g/mol. The Hall–Kier alpha value is -0.890. The van der Waals surface area contributed by atoms with E-state index in [1.54, 1.807) is 13.0 Å². The molecule has 1 rings (SSSR count). The summed E-state index contributed by atoms with van der Waals surface area (Å²) in [5.74, 6) is -0.157. The molecule has 0 N–H and O–H groups in total. The third-order valence-corrected chi connectivity index (χ3v) is 2.77. The fourth-order valence-electron chi connectivity index (χ4n) is 1.93. The van der Waals surface area contributed by atoms with E-state index in [0.717, 1.165) is 5.56 Å². The van der Waals surface area contributed by atoms with Crippen LogP contribution in [0.15, 0.2) is 18.2 Å². The third-order valence-electron chi connectivity index (χ3n) is 2.40. The van der Waals surface area contributed by atoms with Crippen LogP contribution in [0, 0.1) is 11.2 Å². The highest BCUT2D eigenvalue weighted by molar-refractivity contribution is 6.31. The van der Waals surface area contributed by atoms with Gasteiger partial charge in [0.25, 0.3) is 0 Å². The first kappa shape index (κ1) is 13.2. The standard InChI is InChI=1S/C13H16ClFO/c1-9(16)7-13(2,3)8-10-6-11(15)4-5-12(10)14/h4-6H,7-8H2,1-3H3. The molecule has 1 nitrogen and oxygen atoms in total. The van der Waals surface area contributed by atoms with E-state index in [1.165, 1.54) is 12.1 Å². The molecule has 1 aromatic carbocycles. The molecule has 0 saturated heterocycles. The second-order valence-electron chi connectivity index (χ2n) is 4.96. The molecule has 3 heteroatoms. The number of ketones is 1. The molecule has 1 aromatic rings. The predicted molar refractivity (Wildman–Crippen MR) is 64.2 cm³/mol. The molecule has 0 amide bonds. The van der Waals surface area contributed by atoms with Crippen LogP contribution < -0.4 is 0 Å². The zero-order chi connectivity index (χ0) is 12.3. The van der Waals surface area contributed by atoms with E-state index in [4.69, 9.17) is 11.6 Å². The van der Waals surface area contributed by atoms with Crippen LogP contribution >= 0.6 is 11.6 Å². The molecule has 0 aliphatic rings. The maximum atomic E-state index is 13.1. The second-order valence-corrected chi connectivity index (χ2v) is 5.36. The van der Waals surface area contributed by atoms with Crippen LogP contribution in [0.2, 0.25) is 5.02 Å². The Morgan fingerprint density at radius 1 is 1.44 bits per heavy atom. The number of rotatable bonds is 4. The van der Waals surface area contributed by atoms with Gasteiger partial charge in [0.15, 0.2) is 0 Å². The first-order valence-corrected chi connectivity index (χ1v) is 5.61. The van der Waals surface area contributed by atoms with Crippen molar-refractivity contribution in [3.05, 3.63) is 34.6 Å². The molecule has 0 aliphatic carbocycles. The lowest BCUT2D eigenvalue weighted by Gasteiger charge is -2.23. The van der Waals surface area contributed by atoms with Crippen LogP contribution in [-0.2, 0) is 11.2 Å². The summed E-state index contributed by atoms with van der Waals surface area (Å²) in [5.41, 5.74) is 0.566. The normalized spacial score (nSPS) is 11.6. The summed E-state index contributed by atoms with van der Waals surface area (Å²) in [6.45, 7) is 5.53. The summed E-state index contributed by atoms with van der Waals surface area (Å²) < 4.78 is 13.1. The first-order valence-electron chi connectivity index (χ1n) is 5.23. The first-order chi connectivity index (χ1) is 7.30. The van der Waals surface area contributed by atoms with Gasteiger partial charge in [0.05, 0.1) is 0 Å². The van der Waals surface area contributed by atoms with Gasteiger partial charge in [-0.1, -0.05) is 25.4 Å². The van der Waals surface area contributed by atoms with Crippen LogP contribution in [0.5, 0.6) is 0 Å². The van der Waals surface area contributed by atoms with Crippen molar-refractivity contribution < 1.29 is 9.18 Å². The van der Waals surface area contributed by atoms with E-state index in [0.29, 0.717) is 17.9 Å². The largest absolute Gasteiger partial charge is 0.300 e. The van der Waals surface area contributed by atoms with Crippen LogP contribution in [-0.4, -0.2) is 5.78 Å². The van der Waals surface area contributed by atoms with Crippen molar-refractivity contribution in [2.45, 2.75) is 33.6 Å². The average Bonchev–Trinajstić information content (AvgIpc) is 2.08. The smallest absolute Gasteiger partial charge is 0.130 e. The Balaban J connectivity index is 2.86. The van der Waals surface area contributed by atoms with Gasteiger partial charge in [-0.25, -0.2) is 4.39 Å². The Morgan fingerprint density at radius 2 is 2.06 bits per heavy atom. The predicted octanol–water partition coefficient (Wildman–Crippen LogP) is 4.03. The molecule has 0 bridgehead atoms. The molecule has 0 unspecified atom stereocenters. The maximum absolute atomic E-state index is 13.1. The van der Waals surface area contributed by atoms with Crippen LogP contribution in [0.4, 0.5) is 4.39 Å². The number of Topliss-reactive ketones (excluding diaryl/α,β-unsaturated/α-hetero) is 1. The molecule has 0 radical (unpaired) electrons. The summed E-state index contributed by atoms with van der Waals surface area (Å²) >= 11 is 5.99. The molecule has 0 aliphatic heterocycles. The molecule has 0 atom stereocenters. The number of hydrogen-bond acceptors (Lipinski definition) is 1. The van der Waals surface area contributed by atoms with E-state index in [9.17, 15) is 9.18 Å². The Kier molecular flexibility index (Phi) is 4.09. The summed E-state index contributed by atoms with van der Waals surface area (Å²) in [6.07, 6.45) is 1.07. The van der Waals surface area contributed by atoms with Gasteiger partial charge in [0, 0.05) is 11.4 Å². The quantitative estimate of drug-likeness (QED) is 0.779. The van der Waals surface area contributed by atoms with Crippen LogP contribution in [0.3, 0.4) is 0 Å². The highest BCUT2D eigenvalue weighted by Crippen LogP contribution is 2.29. The summed E-state index contributed by atoms with van der Waals surface area (Å²) in [7, 11) is 0. The van der Waals surface area contributed by atoms with Gasteiger partial charge in [0.1, 0.15) is 11.6 Å². The van der Waals surface area contributed by atoms with Gasteiger partial charge in [-0.3, -0.25) is 0 Å². The van der Waals surface area contributed by atoms with E-state index in [2.05, 4.69) is 0 Å². The maximum Gasteiger partial charge on any atom is 0.130 e. The highest BCUT2D eigenvalue weighted by atomic mass is 35.5. The number of hydrogen-bond donors (Lipinski definition) is 0.